The van der Waals surface area contributed by atoms with Gasteiger partial charge in [0.1, 0.15) is 0 Å². The summed E-state index contributed by atoms with van der Waals surface area (Å²) in [5, 5.41) is 3.81. The van der Waals surface area contributed by atoms with E-state index < -0.39 is 0 Å². The molecule has 0 saturated carbocycles. The number of rotatable bonds is 5. The lowest BCUT2D eigenvalue weighted by Crippen LogP contribution is -2.32. The molecule has 2 unspecified atom stereocenters. The molecule has 2 rings (SSSR count). The van der Waals surface area contributed by atoms with Crippen molar-refractivity contribution in [2.24, 2.45) is 0 Å². The molecule has 1 aromatic rings. The predicted octanol–water partition coefficient (Wildman–Crippen LogP) is 3.62. The fourth-order valence-electron chi connectivity index (χ4n) is 2.27. The zero-order valence-corrected chi connectivity index (χ0v) is 10.8. The van der Waals surface area contributed by atoms with Crippen LogP contribution in [0.25, 0.3) is 0 Å². The highest BCUT2D eigenvalue weighted by Crippen LogP contribution is 2.24. The second-order valence-electron chi connectivity index (χ2n) is 4.48. The van der Waals surface area contributed by atoms with Crippen LogP contribution >= 0.6 is 11.8 Å². The van der Waals surface area contributed by atoms with Crippen LogP contribution < -0.4 is 5.32 Å². The molecule has 0 radical (unpaired) electrons. The Labute approximate surface area is 103 Å². The van der Waals surface area contributed by atoms with E-state index in [-0.39, 0.29) is 0 Å². The Bertz CT molecular complexity index is 293. The third-order valence-electron chi connectivity index (χ3n) is 3.15. The van der Waals surface area contributed by atoms with Crippen molar-refractivity contribution in [3.05, 3.63) is 35.9 Å². The lowest BCUT2D eigenvalue weighted by molar-refractivity contribution is 0.435. The SMILES string of the molecule is CCCC(NC1CCSC1)c1ccccc1. The van der Waals surface area contributed by atoms with Crippen molar-refractivity contribution in [2.45, 2.75) is 38.3 Å². The van der Waals surface area contributed by atoms with Gasteiger partial charge in [-0.1, -0.05) is 43.7 Å². The van der Waals surface area contributed by atoms with Crippen molar-refractivity contribution in [3.8, 4) is 0 Å². The van der Waals surface area contributed by atoms with Gasteiger partial charge in [-0.05, 0) is 24.2 Å². The van der Waals surface area contributed by atoms with Crippen LogP contribution in [0.2, 0.25) is 0 Å². The minimum absolute atomic E-state index is 0.551. The molecule has 0 bridgehead atoms. The monoisotopic (exact) mass is 235 g/mol. The Hall–Kier alpha value is -0.470. The molecule has 0 amide bonds. The quantitative estimate of drug-likeness (QED) is 0.836. The second-order valence-corrected chi connectivity index (χ2v) is 5.63. The van der Waals surface area contributed by atoms with Gasteiger partial charge in [0.25, 0.3) is 0 Å². The molecule has 0 spiro atoms. The van der Waals surface area contributed by atoms with Gasteiger partial charge in [-0.15, -0.1) is 0 Å². The summed E-state index contributed by atoms with van der Waals surface area (Å²) in [6.45, 7) is 2.26. The topological polar surface area (TPSA) is 12.0 Å². The Kier molecular flexibility index (Phi) is 4.73. The number of thioether (sulfide) groups is 1. The predicted molar refractivity (Wildman–Crippen MR) is 73.0 cm³/mol. The van der Waals surface area contributed by atoms with E-state index in [9.17, 15) is 0 Å². The third-order valence-corrected chi connectivity index (χ3v) is 4.31. The number of hydrogen-bond donors (Lipinski definition) is 1. The maximum absolute atomic E-state index is 3.81. The van der Waals surface area contributed by atoms with E-state index in [1.54, 1.807) is 0 Å². The van der Waals surface area contributed by atoms with Crippen LogP contribution in [0, 0.1) is 0 Å². The third kappa shape index (κ3) is 3.26. The average Bonchev–Trinajstić information content (AvgIpc) is 2.83. The molecule has 2 atom stereocenters. The summed E-state index contributed by atoms with van der Waals surface area (Å²) in [5.74, 6) is 2.61. The van der Waals surface area contributed by atoms with E-state index in [1.165, 1.54) is 36.3 Å². The minimum atomic E-state index is 0.551. The van der Waals surface area contributed by atoms with E-state index in [1.807, 2.05) is 0 Å². The summed E-state index contributed by atoms with van der Waals surface area (Å²) in [4.78, 5) is 0. The van der Waals surface area contributed by atoms with E-state index >= 15 is 0 Å². The first-order valence-electron chi connectivity index (χ1n) is 6.29. The van der Waals surface area contributed by atoms with Crippen molar-refractivity contribution in [1.82, 2.24) is 5.32 Å². The van der Waals surface area contributed by atoms with Gasteiger partial charge in [0.05, 0.1) is 0 Å². The molecule has 1 aliphatic rings. The van der Waals surface area contributed by atoms with Crippen LogP contribution in [-0.4, -0.2) is 17.5 Å². The lowest BCUT2D eigenvalue weighted by Gasteiger charge is -2.22. The summed E-state index contributed by atoms with van der Waals surface area (Å²) < 4.78 is 0. The van der Waals surface area contributed by atoms with Gasteiger partial charge in [0.15, 0.2) is 0 Å². The molecule has 0 aliphatic carbocycles. The summed E-state index contributed by atoms with van der Waals surface area (Å²) in [6.07, 6.45) is 3.81. The van der Waals surface area contributed by atoms with Crippen molar-refractivity contribution in [3.63, 3.8) is 0 Å². The van der Waals surface area contributed by atoms with Crippen LogP contribution in [0.4, 0.5) is 0 Å². The Balaban J connectivity index is 1.99. The molecule has 1 aliphatic heterocycles. The Morgan fingerprint density at radius 1 is 1.38 bits per heavy atom. The largest absolute Gasteiger partial charge is 0.306 e. The lowest BCUT2D eigenvalue weighted by atomic mass is 10.0. The molecule has 1 fully saturated rings. The van der Waals surface area contributed by atoms with Crippen molar-refractivity contribution in [1.29, 1.82) is 0 Å². The summed E-state index contributed by atoms with van der Waals surface area (Å²) in [5.41, 5.74) is 1.45. The highest BCUT2D eigenvalue weighted by Gasteiger charge is 2.19. The van der Waals surface area contributed by atoms with E-state index in [0.717, 1.165) is 6.04 Å². The van der Waals surface area contributed by atoms with Gasteiger partial charge in [0.2, 0.25) is 0 Å². The maximum atomic E-state index is 3.81. The molecule has 1 nitrogen and oxygen atoms in total. The van der Waals surface area contributed by atoms with Gasteiger partial charge >= 0.3 is 0 Å². The van der Waals surface area contributed by atoms with Gasteiger partial charge in [-0.2, -0.15) is 11.8 Å². The standard InChI is InChI=1S/C14H21NS/c1-2-6-14(12-7-4-3-5-8-12)15-13-9-10-16-11-13/h3-5,7-8,13-15H,2,6,9-11H2,1H3. The fraction of sp³-hybridized carbons (Fsp3) is 0.571. The fourth-order valence-corrected chi connectivity index (χ4v) is 3.44. The highest BCUT2D eigenvalue weighted by atomic mass is 32.2. The number of benzene rings is 1. The van der Waals surface area contributed by atoms with Gasteiger partial charge in [-0.25, -0.2) is 0 Å². The summed E-state index contributed by atoms with van der Waals surface area (Å²) in [6, 6.07) is 12.1. The van der Waals surface area contributed by atoms with E-state index in [0.29, 0.717) is 6.04 Å². The molecular weight excluding hydrogens is 214 g/mol. The average molecular weight is 235 g/mol. The number of hydrogen-bond acceptors (Lipinski definition) is 2. The van der Waals surface area contributed by atoms with E-state index in [2.05, 4.69) is 54.3 Å². The highest BCUT2D eigenvalue weighted by molar-refractivity contribution is 7.99. The molecule has 1 N–H and O–H groups in total. The first kappa shape index (κ1) is 12.0. The molecule has 16 heavy (non-hydrogen) atoms. The minimum Gasteiger partial charge on any atom is -0.306 e. The first-order valence-corrected chi connectivity index (χ1v) is 7.44. The zero-order chi connectivity index (χ0) is 11.2. The number of nitrogens with one attached hydrogen (secondary N) is 1. The molecule has 1 aromatic carbocycles. The summed E-state index contributed by atoms with van der Waals surface area (Å²) >= 11 is 2.07. The Morgan fingerprint density at radius 3 is 2.81 bits per heavy atom. The zero-order valence-electron chi connectivity index (χ0n) is 9.99. The van der Waals surface area contributed by atoms with Crippen LogP contribution in [0.5, 0.6) is 0 Å². The molecule has 88 valence electrons. The van der Waals surface area contributed by atoms with Crippen molar-refractivity contribution < 1.29 is 0 Å². The van der Waals surface area contributed by atoms with Crippen LogP contribution in [0.3, 0.4) is 0 Å². The smallest absolute Gasteiger partial charge is 0.0322 e. The Morgan fingerprint density at radius 2 is 2.19 bits per heavy atom. The second kappa shape index (κ2) is 6.31. The molecule has 0 aromatic heterocycles. The maximum Gasteiger partial charge on any atom is 0.0322 e. The van der Waals surface area contributed by atoms with Gasteiger partial charge in [0, 0.05) is 17.8 Å². The van der Waals surface area contributed by atoms with Crippen LogP contribution in [0.15, 0.2) is 30.3 Å². The van der Waals surface area contributed by atoms with Gasteiger partial charge in [-0.3, -0.25) is 0 Å². The molecular formula is C14H21NS. The molecule has 2 heteroatoms. The first-order chi connectivity index (χ1) is 7.90. The van der Waals surface area contributed by atoms with E-state index in [4.69, 9.17) is 0 Å². The van der Waals surface area contributed by atoms with Gasteiger partial charge < -0.3 is 5.32 Å². The van der Waals surface area contributed by atoms with Crippen molar-refractivity contribution in [2.75, 3.05) is 11.5 Å². The van der Waals surface area contributed by atoms with Crippen molar-refractivity contribution >= 4 is 11.8 Å². The molecule has 1 saturated heterocycles. The normalized spacial score (nSPS) is 22.2. The molecule has 1 heterocycles. The van der Waals surface area contributed by atoms with Crippen LogP contribution in [-0.2, 0) is 0 Å². The summed E-state index contributed by atoms with van der Waals surface area (Å²) in [7, 11) is 0. The van der Waals surface area contributed by atoms with Crippen LogP contribution in [0.1, 0.15) is 37.8 Å².